The molecule has 0 amide bonds. The van der Waals surface area contributed by atoms with Crippen LogP contribution >= 0.6 is 15.9 Å². The summed E-state index contributed by atoms with van der Waals surface area (Å²) in [5.41, 5.74) is 0.913. The minimum atomic E-state index is -0.0977. The first kappa shape index (κ1) is 17.6. The molecule has 1 aromatic rings. The Morgan fingerprint density at radius 3 is 2.96 bits per heavy atom. The van der Waals surface area contributed by atoms with Crippen LogP contribution in [0.1, 0.15) is 25.5 Å². The van der Waals surface area contributed by atoms with Gasteiger partial charge < -0.3 is 9.84 Å². The average Bonchev–Trinajstić information content (AvgIpc) is 2.88. The molecule has 1 aliphatic heterocycles. The maximum atomic E-state index is 12.2. The van der Waals surface area contributed by atoms with E-state index in [2.05, 4.69) is 27.0 Å². The van der Waals surface area contributed by atoms with Crippen molar-refractivity contribution in [1.82, 2.24) is 4.98 Å². The third kappa shape index (κ3) is 3.42. The Bertz CT molecular complexity index is 592. The van der Waals surface area contributed by atoms with Crippen molar-refractivity contribution < 1.29 is 14.6 Å². The molecule has 6 atom stereocenters. The molecule has 130 valence electrons. The Morgan fingerprint density at radius 1 is 1.46 bits per heavy atom. The minimum Gasteiger partial charge on any atom is -0.462 e. The van der Waals surface area contributed by atoms with Crippen LogP contribution in [0.5, 0.6) is 0 Å². The van der Waals surface area contributed by atoms with Gasteiger partial charge >= 0.3 is 5.97 Å². The second-order valence-corrected chi connectivity index (χ2v) is 7.63. The Hall–Kier alpha value is -1.20. The van der Waals surface area contributed by atoms with Crippen LogP contribution in [0, 0.1) is 29.6 Å². The Kier molecular flexibility index (Phi) is 5.72. The molecule has 1 saturated heterocycles. The zero-order valence-corrected chi connectivity index (χ0v) is 15.4. The van der Waals surface area contributed by atoms with Crippen molar-refractivity contribution >= 4 is 28.0 Å². The van der Waals surface area contributed by atoms with Crippen molar-refractivity contribution in [1.29, 1.82) is 0 Å². The molecule has 24 heavy (non-hydrogen) atoms. The third-order valence-electron chi connectivity index (χ3n) is 5.57. The first-order chi connectivity index (χ1) is 11.7. The van der Waals surface area contributed by atoms with Gasteiger partial charge in [-0.15, -0.1) is 0 Å². The summed E-state index contributed by atoms with van der Waals surface area (Å²) in [5, 5.41) is 10.8. The normalized spacial score (nSPS) is 35.9. The van der Waals surface area contributed by atoms with Crippen LogP contribution in [-0.2, 0) is 9.53 Å². The van der Waals surface area contributed by atoms with Crippen molar-refractivity contribution in [3.8, 4) is 0 Å². The van der Waals surface area contributed by atoms with E-state index in [0.717, 1.165) is 23.9 Å². The fourth-order valence-corrected chi connectivity index (χ4v) is 5.02. The number of aliphatic hydroxyl groups excluding tert-OH is 1. The van der Waals surface area contributed by atoms with E-state index < -0.39 is 0 Å². The third-order valence-corrected chi connectivity index (χ3v) is 6.02. The topological polar surface area (TPSA) is 59.4 Å². The molecule has 2 heterocycles. The van der Waals surface area contributed by atoms with Gasteiger partial charge in [0, 0.05) is 24.1 Å². The van der Waals surface area contributed by atoms with Crippen molar-refractivity contribution in [3.05, 3.63) is 36.2 Å². The molecule has 1 aromatic heterocycles. The summed E-state index contributed by atoms with van der Waals surface area (Å²) in [6.45, 7) is 2.12. The number of fused-ring (bicyclic) bond motifs is 1. The first-order valence-corrected chi connectivity index (χ1v) is 9.74. The van der Waals surface area contributed by atoms with Crippen molar-refractivity contribution in [2.75, 3.05) is 11.9 Å². The number of hydrogen-bond acceptors (Lipinski definition) is 4. The zero-order chi connectivity index (χ0) is 17.1. The second kappa shape index (κ2) is 7.79. The van der Waals surface area contributed by atoms with Gasteiger partial charge in [0.2, 0.25) is 0 Å². The molecule has 2 fully saturated rings. The number of ether oxygens (including phenoxy) is 1. The second-order valence-electron chi connectivity index (χ2n) is 6.84. The van der Waals surface area contributed by atoms with Gasteiger partial charge in [-0.2, -0.15) is 0 Å². The summed E-state index contributed by atoms with van der Waals surface area (Å²) in [7, 11) is 0. The quantitative estimate of drug-likeness (QED) is 0.615. The van der Waals surface area contributed by atoms with E-state index in [-0.39, 0.29) is 42.4 Å². The van der Waals surface area contributed by atoms with E-state index in [9.17, 15) is 9.90 Å². The number of pyridine rings is 1. The summed E-state index contributed by atoms with van der Waals surface area (Å²) in [6.07, 6.45) is 7.65. The van der Waals surface area contributed by atoms with Crippen LogP contribution < -0.4 is 0 Å². The highest BCUT2D eigenvalue weighted by Gasteiger charge is 2.53. The smallest absolute Gasteiger partial charge is 0.309 e. The Labute approximate surface area is 151 Å². The fourth-order valence-electron chi connectivity index (χ4n) is 4.49. The van der Waals surface area contributed by atoms with Crippen molar-refractivity contribution in [2.45, 2.75) is 25.9 Å². The highest BCUT2D eigenvalue weighted by Crippen LogP contribution is 2.50. The number of halogens is 1. The summed E-state index contributed by atoms with van der Waals surface area (Å²) in [4.78, 5) is 16.6. The summed E-state index contributed by atoms with van der Waals surface area (Å²) in [6, 6.07) is 5.84. The van der Waals surface area contributed by atoms with Gasteiger partial charge in [-0.1, -0.05) is 28.1 Å². The van der Waals surface area contributed by atoms with Gasteiger partial charge in [0.15, 0.2) is 0 Å². The van der Waals surface area contributed by atoms with E-state index in [1.165, 1.54) is 0 Å². The molecule has 0 bridgehead atoms. The highest BCUT2D eigenvalue weighted by atomic mass is 79.9. The molecule has 0 unspecified atom stereocenters. The number of cyclic esters (lactones) is 1. The minimum absolute atomic E-state index is 0.0710. The number of carbonyl (C=O) groups excluding carboxylic acids is 1. The number of alkyl halides is 1. The van der Waals surface area contributed by atoms with Gasteiger partial charge in [-0.05, 0) is 55.7 Å². The SMILES string of the molecule is C[C@H]1OC(=O)[C@@H]2C[C@H](CO)[C@@H](CCBr)[C@H](/C=C/c3ccccn3)[C@H]12. The van der Waals surface area contributed by atoms with Crippen molar-refractivity contribution in [2.24, 2.45) is 29.6 Å². The highest BCUT2D eigenvalue weighted by molar-refractivity contribution is 9.09. The largest absolute Gasteiger partial charge is 0.462 e. The lowest BCUT2D eigenvalue weighted by Crippen LogP contribution is -2.42. The maximum Gasteiger partial charge on any atom is 0.309 e. The Morgan fingerprint density at radius 2 is 2.29 bits per heavy atom. The average molecular weight is 394 g/mol. The summed E-state index contributed by atoms with van der Waals surface area (Å²) in [5.74, 6) is 0.681. The number of carbonyl (C=O) groups is 1. The molecule has 1 aliphatic carbocycles. The van der Waals surface area contributed by atoms with E-state index in [0.29, 0.717) is 5.92 Å². The van der Waals surface area contributed by atoms with Crippen LogP contribution in [0.25, 0.3) is 6.08 Å². The lowest BCUT2D eigenvalue weighted by molar-refractivity contribution is -0.144. The van der Waals surface area contributed by atoms with Crippen LogP contribution in [0.3, 0.4) is 0 Å². The molecule has 1 N–H and O–H groups in total. The van der Waals surface area contributed by atoms with Gasteiger partial charge in [0.05, 0.1) is 11.6 Å². The zero-order valence-electron chi connectivity index (χ0n) is 13.8. The predicted octanol–water partition coefficient (Wildman–Crippen LogP) is 3.30. The van der Waals surface area contributed by atoms with Gasteiger partial charge in [-0.25, -0.2) is 0 Å². The standard InChI is InChI=1S/C19H24BrNO3/c1-12-18-16(6-5-14-4-2-3-9-21-14)15(7-8-20)13(11-22)10-17(18)19(23)24-12/h2-6,9,12-13,15-18,22H,7-8,10-11H2,1H3/b6-5+/t12-,13-,15-,16+,17-,18+/m1/s1. The molecule has 1 saturated carbocycles. The molecule has 3 rings (SSSR count). The van der Waals surface area contributed by atoms with Crippen LogP contribution in [0.4, 0.5) is 0 Å². The van der Waals surface area contributed by atoms with E-state index >= 15 is 0 Å². The molecule has 0 radical (unpaired) electrons. The maximum absolute atomic E-state index is 12.2. The molecule has 5 heteroatoms. The molecule has 0 spiro atoms. The van der Waals surface area contributed by atoms with Crippen LogP contribution in [0.15, 0.2) is 30.5 Å². The molecular formula is C19H24BrNO3. The van der Waals surface area contributed by atoms with Gasteiger partial charge in [0.1, 0.15) is 6.10 Å². The van der Waals surface area contributed by atoms with Crippen LogP contribution in [-0.4, -0.2) is 34.1 Å². The molecule has 0 aromatic carbocycles. The van der Waals surface area contributed by atoms with Gasteiger partial charge in [-0.3, -0.25) is 9.78 Å². The predicted molar refractivity (Wildman–Crippen MR) is 96.4 cm³/mol. The number of nitrogens with zero attached hydrogens (tertiary/aromatic N) is 1. The Balaban J connectivity index is 1.92. The number of aliphatic hydroxyl groups is 1. The number of allylic oxidation sites excluding steroid dienone is 1. The summed E-state index contributed by atoms with van der Waals surface area (Å²) >= 11 is 3.55. The molecule has 4 nitrogen and oxygen atoms in total. The first-order valence-electron chi connectivity index (χ1n) is 8.62. The lowest BCUT2D eigenvalue weighted by atomic mass is 9.60. The van der Waals surface area contributed by atoms with E-state index in [1.807, 2.05) is 31.2 Å². The lowest BCUT2D eigenvalue weighted by Gasteiger charge is -2.42. The number of hydrogen-bond donors (Lipinski definition) is 1. The number of aromatic nitrogens is 1. The van der Waals surface area contributed by atoms with E-state index in [4.69, 9.17) is 4.74 Å². The van der Waals surface area contributed by atoms with Crippen LogP contribution in [0.2, 0.25) is 0 Å². The van der Waals surface area contributed by atoms with E-state index in [1.54, 1.807) is 6.20 Å². The van der Waals surface area contributed by atoms with Crippen molar-refractivity contribution in [3.63, 3.8) is 0 Å². The number of esters is 1. The molecule has 2 aliphatic rings. The monoisotopic (exact) mass is 393 g/mol. The fraction of sp³-hybridized carbons (Fsp3) is 0.579. The summed E-state index contributed by atoms with van der Waals surface area (Å²) < 4.78 is 5.53. The molecular weight excluding hydrogens is 370 g/mol. The number of rotatable bonds is 5. The van der Waals surface area contributed by atoms with Gasteiger partial charge in [0.25, 0.3) is 0 Å².